The van der Waals surface area contributed by atoms with Gasteiger partial charge in [0, 0.05) is 26.2 Å². The third-order valence-corrected chi connectivity index (χ3v) is 5.43. The average Bonchev–Trinajstić information content (AvgIpc) is 3.49. The zero-order valence-corrected chi connectivity index (χ0v) is 17.2. The second kappa shape index (κ2) is 10.5. The second-order valence-electron chi connectivity index (χ2n) is 7.35. The molecule has 0 radical (unpaired) electrons. The smallest absolute Gasteiger partial charge is 0.191 e. The Morgan fingerprint density at radius 2 is 1.69 bits per heavy atom. The van der Waals surface area contributed by atoms with E-state index in [1.54, 1.807) is 0 Å². The fraction of sp³-hybridized carbons (Fsp3) is 0.667. The Balaban J connectivity index is 1.94. The zero-order valence-electron chi connectivity index (χ0n) is 17.2. The Morgan fingerprint density at radius 1 is 1.08 bits per heavy atom. The topological polar surface area (TPSA) is 42.9 Å². The number of rotatable bonds is 10. The van der Waals surface area contributed by atoms with Crippen molar-refractivity contribution < 1.29 is 0 Å². The molecule has 146 valence electrons. The van der Waals surface area contributed by atoms with Gasteiger partial charge < -0.3 is 15.5 Å². The Hall–Kier alpha value is -1.59. The number of guanidine groups is 1. The van der Waals surface area contributed by atoms with E-state index >= 15 is 0 Å². The predicted octanol–water partition coefficient (Wildman–Crippen LogP) is 2.57. The molecule has 1 aliphatic carbocycles. The van der Waals surface area contributed by atoms with Gasteiger partial charge in [-0.25, -0.2) is 0 Å². The molecule has 2 unspecified atom stereocenters. The maximum absolute atomic E-state index is 4.43. The molecule has 2 N–H and O–H groups in total. The number of likely N-dealkylation sites (N-methyl/N-ethyl adjacent to an activating group) is 2. The molecule has 5 nitrogen and oxygen atoms in total. The van der Waals surface area contributed by atoms with Crippen LogP contribution < -0.4 is 10.6 Å². The SMILES string of the molecule is CCN(CC)C(CNC(=NC)NCC(C1CC1)N(C)C)c1ccccc1. The van der Waals surface area contributed by atoms with Crippen LogP contribution >= 0.6 is 0 Å². The van der Waals surface area contributed by atoms with Gasteiger partial charge >= 0.3 is 0 Å². The van der Waals surface area contributed by atoms with Crippen LogP contribution in [0, 0.1) is 5.92 Å². The molecule has 0 aliphatic heterocycles. The number of benzene rings is 1. The van der Waals surface area contributed by atoms with Gasteiger partial charge in [-0.1, -0.05) is 44.2 Å². The van der Waals surface area contributed by atoms with Gasteiger partial charge in [-0.2, -0.15) is 0 Å². The Labute approximate surface area is 159 Å². The molecule has 5 heteroatoms. The van der Waals surface area contributed by atoms with E-state index in [4.69, 9.17) is 0 Å². The average molecular weight is 360 g/mol. The van der Waals surface area contributed by atoms with Crippen molar-refractivity contribution in [1.82, 2.24) is 20.4 Å². The molecule has 1 saturated carbocycles. The van der Waals surface area contributed by atoms with Gasteiger partial charge in [0.1, 0.15) is 0 Å². The molecule has 1 fully saturated rings. The van der Waals surface area contributed by atoms with Crippen LogP contribution in [0.25, 0.3) is 0 Å². The molecule has 26 heavy (non-hydrogen) atoms. The lowest BCUT2D eigenvalue weighted by Gasteiger charge is -2.31. The molecule has 0 amide bonds. The molecule has 0 spiro atoms. The second-order valence-corrected chi connectivity index (χ2v) is 7.35. The maximum atomic E-state index is 4.43. The van der Waals surface area contributed by atoms with Gasteiger partial charge in [0.15, 0.2) is 5.96 Å². The highest BCUT2D eigenvalue weighted by molar-refractivity contribution is 5.79. The Kier molecular flexibility index (Phi) is 8.39. The van der Waals surface area contributed by atoms with Gasteiger partial charge in [0.25, 0.3) is 0 Å². The molecular weight excluding hydrogens is 322 g/mol. The van der Waals surface area contributed by atoms with Crippen LogP contribution in [0.5, 0.6) is 0 Å². The number of hydrogen-bond acceptors (Lipinski definition) is 3. The summed E-state index contributed by atoms with van der Waals surface area (Å²) in [6, 6.07) is 11.7. The minimum Gasteiger partial charge on any atom is -0.355 e. The van der Waals surface area contributed by atoms with Gasteiger partial charge in [0.2, 0.25) is 0 Å². The van der Waals surface area contributed by atoms with Crippen LogP contribution in [-0.2, 0) is 0 Å². The van der Waals surface area contributed by atoms with Crippen molar-refractivity contribution >= 4 is 5.96 Å². The third kappa shape index (κ3) is 5.99. The van der Waals surface area contributed by atoms with Crippen LogP contribution in [0.15, 0.2) is 35.3 Å². The highest BCUT2D eigenvalue weighted by Gasteiger charge is 2.32. The van der Waals surface area contributed by atoms with Crippen LogP contribution in [0.1, 0.15) is 38.3 Å². The lowest BCUT2D eigenvalue weighted by Crippen LogP contribution is -2.48. The van der Waals surface area contributed by atoms with E-state index in [0.717, 1.165) is 38.1 Å². The Bertz CT molecular complexity index is 533. The lowest BCUT2D eigenvalue weighted by atomic mass is 10.1. The molecule has 1 aromatic carbocycles. The fourth-order valence-electron chi connectivity index (χ4n) is 3.66. The highest BCUT2D eigenvalue weighted by Crippen LogP contribution is 2.34. The van der Waals surface area contributed by atoms with Gasteiger partial charge in [0.05, 0.1) is 6.04 Å². The van der Waals surface area contributed by atoms with Gasteiger partial charge in [-0.15, -0.1) is 0 Å². The van der Waals surface area contributed by atoms with Crippen molar-refractivity contribution in [3.63, 3.8) is 0 Å². The van der Waals surface area contributed by atoms with E-state index in [2.05, 4.69) is 83.7 Å². The highest BCUT2D eigenvalue weighted by atomic mass is 15.2. The summed E-state index contributed by atoms with van der Waals surface area (Å²) in [7, 11) is 6.20. The van der Waals surface area contributed by atoms with E-state index in [0.29, 0.717) is 12.1 Å². The zero-order chi connectivity index (χ0) is 18.9. The van der Waals surface area contributed by atoms with E-state index in [1.807, 2.05) is 7.05 Å². The van der Waals surface area contributed by atoms with Crippen LogP contribution in [-0.4, -0.2) is 69.1 Å². The first-order chi connectivity index (χ1) is 12.6. The maximum Gasteiger partial charge on any atom is 0.191 e. The summed E-state index contributed by atoms with van der Waals surface area (Å²) in [5.41, 5.74) is 1.35. The van der Waals surface area contributed by atoms with Crippen molar-refractivity contribution in [3.05, 3.63) is 35.9 Å². The molecule has 2 rings (SSSR count). The normalized spacial score (nSPS) is 17.4. The van der Waals surface area contributed by atoms with Crippen LogP contribution in [0.4, 0.5) is 0 Å². The molecule has 0 saturated heterocycles. The van der Waals surface area contributed by atoms with E-state index in [-0.39, 0.29) is 0 Å². The minimum atomic E-state index is 0.345. The molecule has 0 bridgehead atoms. The lowest BCUT2D eigenvalue weighted by molar-refractivity contribution is 0.218. The fourth-order valence-corrected chi connectivity index (χ4v) is 3.66. The van der Waals surface area contributed by atoms with Crippen LogP contribution in [0.3, 0.4) is 0 Å². The van der Waals surface area contributed by atoms with Crippen molar-refractivity contribution in [2.45, 2.75) is 38.8 Å². The number of hydrogen-bond donors (Lipinski definition) is 2. The Morgan fingerprint density at radius 3 is 2.19 bits per heavy atom. The van der Waals surface area contributed by atoms with Gasteiger partial charge in [-0.05, 0) is 51.5 Å². The summed E-state index contributed by atoms with van der Waals surface area (Å²) >= 11 is 0. The standard InChI is InChI=1S/C21H37N5/c1-6-26(7-2)20(17-11-9-8-10-12-17)16-24-21(22-3)23-15-19(25(4)5)18-13-14-18/h8-12,18-20H,6-7,13-16H2,1-5H3,(H2,22,23,24). The molecule has 1 aliphatic rings. The molecule has 0 aromatic heterocycles. The van der Waals surface area contributed by atoms with Crippen molar-refractivity contribution in [2.75, 3.05) is 47.3 Å². The van der Waals surface area contributed by atoms with E-state index in [9.17, 15) is 0 Å². The quantitative estimate of drug-likeness (QED) is 0.498. The van der Waals surface area contributed by atoms with Gasteiger partial charge in [-0.3, -0.25) is 9.89 Å². The summed E-state index contributed by atoms with van der Waals surface area (Å²) in [6.07, 6.45) is 2.71. The van der Waals surface area contributed by atoms with E-state index < -0.39 is 0 Å². The van der Waals surface area contributed by atoms with Crippen LogP contribution in [0.2, 0.25) is 0 Å². The molecule has 0 heterocycles. The molecular formula is C21H37N5. The summed E-state index contributed by atoms with van der Waals surface area (Å²) in [5.74, 6) is 1.73. The predicted molar refractivity (Wildman–Crippen MR) is 112 cm³/mol. The third-order valence-electron chi connectivity index (χ3n) is 5.43. The summed E-state index contributed by atoms with van der Waals surface area (Å²) in [5, 5.41) is 7.08. The summed E-state index contributed by atoms with van der Waals surface area (Å²) < 4.78 is 0. The minimum absolute atomic E-state index is 0.345. The summed E-state index contributed by atoms with van der Waals surface area (Å²) in [4.78, 5) is 9.26. The van der Waals surface area contributed by atoms with Crippen molar-refractivity contribution in [3.8, 4) is 0 Å². The van der Waals surface area contributed by atoms with Crippen molar-refractivity contribution in [1.29, 1.82) is 0 Å². The van der Waals surface area contributed by atoms with E-state index in [1.165, 1.54) is 18.4 Å². The number of nitrogens with zero attached hydrogens (tertiary/aromatic N) is 3. The summed E-state index contributed by atoms with van der Waals surface area (Å²) in [6.45, 7) is 8.32. The molecule has 1 aromatic rings. The number of nitrogens with one attached hydrogen (secondary N) is 2. The van der Waals surface area contributed by atoms with Crippen molar-refractivity contribution in [2.24, 2.45) is 10.9 Å². The number of aliphatic imine (C=N–C) groups is 1. The largest absolute Gasteiger partial charge is 0.355 e. The first-order valence-electron chi connectivity index (χ1n) is 10.0. The monoisotopic (exact) mass is 359 g/mol. The first-order valence-corrected chi connectivity index (χ1v) is 10.0. The first kappa shape index (κ1) is 20.7. The molecule has 2 atom stereocenters.